The summed E-state index contributed by atoms with van der Waals surface area (Å²) < 4.78 is 5.24. The molecule has 0 radical (unpaired) electrons. The molecule has 0 unspecified atom stereocenters. The predicted octanol–water partition coefficient (Wildman–Crippen LogP) is 2.30. The Balaban J connectivity index is 2.20. The smallest absolute Gasteiger partial charge is 0.193 e. The highest BCUT2D eigenvalue weighted by molar-refractivity contribution is 6.10. The summed E-state index contributed by atoms with van der Waals surface area (Å²) >= 11 is 0. The molecular formula is C16H16O4. The van der Waals surface area contributed by atoms with Crippen LogP contribution >= 0.6 is 0 Å². The zero-order chi connectivity index (χ0) is 14.5. The van der Waals surface area contributed by atoms with E-state index in [0.717, 1.165) is 5.56 Å². The summed E-state index contributed by atoms with van der Waals surface area (Å²) in [4.78, 5) is 12.3. The Hall–Kier alpha value is -2.33. The fourth-order valence-corrected chi connectivity index (χ4v) is 1.92. The van der Waals surface area contributed by atoms with Gasteiger partial charge in [0.2, 0.25) is 0 Å². The maximum Gasteiger partial charge on any atom is 0.193 e. The van der Waals surface area contributed by atoms with Crippen LogP contribution in [-0.4, -0.2) is 29.2 Å². The van der Waals surface area contributed by atoms with Crippen molar-refractivity contribution in [2.24, 2.45) is 0 Å². The summed E-state index contributed by atoms with van der Waals surface area (Å²) in [5.74, 6) is 0.654. The summed E-state index contributed by atoms with van der Waals surface area (Å²) in [6.07, 6.45) is 0. The minimum Gasteiger partial charge on any atom is -0.508 e. The molecule has 104 valence electrons. The second kappa shape index (κ2) is 6.21. The summed E-state index contributed by atoms with van der Waals surface area (Å²) in [7, 11) is 0. The highest BCUT2D eigenvalue weighted by Crippen LogP contribution is 2.20. The van der Waals surface area contributed by atoms with Gasteiger partial charge in [0.1, 0.15) is 18.1 Å². The molecule has 20 heavy (non-hydrogen) atoms. The van der Waals surface area contributed by atoms with Crippen LogP contribution in [-0.2, 0) is 0 Å². The number of aliphatic hydroxyl groups excluding tert-OH is 1. The van der Waals surface area contributed by atoms with E-state index in [1.807, 2.05) is 0 Å². The van der Waals surface area contributed by atoms with E-state index in [-0.39, 0.29) is 24.7 Å². The SMILES string of the molecule is Cc1cc(O)ccc1C(=O)c1ccc(OCCO)cc1. The molecule has 0 saturated carbocycles. The molecule has 4 heteroatoms. The number of rotatable bonds is 5. The first-order chi connectivity index (χ1) is 9.61. The van der Waals surface area contributed by atoms with E-state index in [4.69, 9.17) is 9.84 Å². The van der Waals surface area contributed by atoms with Crippen molar-refractivity contribution in [3.8, 4) is 11.5 Å². The normalized spacial score (nSPS) is 10.3. The Morgan fingerprint density at radius 1 is 1.15 bits per heavy atom. The standard InChI is InChI=1S/C16H16O4/c1-11-10-13(18)4-7-15(11)16(19)12-2-5-14(6-3-12)20-9-8-17/h2-7,10,17-18H,8-9H2,1H3. The van der Waals surface area contributed by atoms with Gasteiger partial charge in [-0.1, -0.05) is 0 Å². The third-order valence-corrected chi connectivity index (χ3v) is 2.93. The Bertz CT molecular complexity index is 602. The van der Waals surface area contributed by atoms with Crippen molar-refractivity contribution in [3.63, 3.8) is 0 Å². The molecule has 0 saturated heterocycles. The maximum absolute atomic E-state index is 12.3. The minimum absolute atomic E-state index is 0.0482. The Labute approximate surface area is 117 Å². The molecule has 0 bridgehead atoms. The molecule has 0 spiro atoms. The van der Waals surface area contributed by atoms with E-state index in [2.05, 4.69) is 0 Å². The van der Waals surface area contributed by atoms with Crippen molar-refractivity contribution in [1.29, 1.82) is 0 Å². The number of ether oxygens (including phenoxy) is 1. The van der Waals surface area contributed by atoms with E-state index < -0.39 is 0 Å². The number of carbonyl (C=O) groups is 1. The van der Waals surface area contributed by atoms with Gasteiger partial charge in [-0.25, -0.2) is 0 Å². The van der Waals surface area contributed by atoms with Crippen molar-refractivity contribution in [3.05, 3.63) is 59.2 Å². The van der Waals surface area contributed by atoms with Gasteiger partial charge in [0, 0.05) is 11.1 Å². The Morgan fingerprint density at radius 2 is 1.85 bits per heavy atom. The molecule has 0 atom stereocenters. The van der Waals surface area contributed by atoms with E-state index in [1.54, 1.807) is 43.3 Å². The maximum atomic E-state index is 12.3. The number of hydrogen-bond acceptors (Lipinski definition) is 4. The van der Waals surface area contributed by atoms with Crippen molar-refractivity contribution in [2.75, 3.05) is 13.2 Å². The van der Waals surface area contributed by atoms with Crippen LogP contribution in [0.5, 0.6) is 11.5 Å². The zero-order valence-corrected chi connectivity index (χ0v) is 11.2. The van der Waals surface area contributed by atoms with Crippen LogP contribution in [0.4, 0.5) is 0 Å². The number of aryl methyl sites for hydroxylation is 1. The largest absolute Gasteiger partial charge is 0.508 e. The van der Waals surface area contributed by atoms with Gasteiger partial charge in [-0.05, 0) is 55.0 Å². The first-order valence-electron chi connectivity index (χ1n) is 6.30. The lowest BCUT2D eigenvalue weighted by molar-refractivity contribution is 0.103. The highest BCUT2D eigenvalue weighted by atomic mass is 16.5. The van der Waals surface area contributed by atoms with Crippen molar-refractivity contribution >= 4 is 5.78 Å². The monoisotopic (exact) mass is 272 g/mol. The van der Waals surface area contributed by atoms with E-state index in [1.165, 1.54) is 6.07 Å². The predicted molar refractivity (Wildman–Crippen MR) is 75.3 cm³/mol. The summed E-state index contributed by atoms with van der Waals surface area (Å²) in [6.45, 7) is 1.96. The lowest BCUT2D eigenvalue weighted by Crippen LogP contribution is -2.04. The van der Waals surface area contributed by atoms with Gasteiger partial charge in [0.15, 0.2) is 5.78 Å². The number of hydrogen-bond donors (Lipinski definition) is 2. The van der Waals surface area contributed by atoms with Crippen LogP contribution in [0.3, 0.4) is 0 Å². The molecule has 0 fully saturated rings. The van der Waals surface area contributed by atoms with E-state index in [9.17, 15) is 9.90 Å². The molecule has 2 rings (SSSR count). The number of phenolic OH excluding ortho intramolecular Hbond substituents is 1. The first-order valence-corrected chi connectivity index (χ1v) is 6.30. The van der Waals surface area contributed by atoms with Crippen LogP contribution in [0, 0.1) is 6.92 Å². The number of ketones is 1. The molecule has 2 N–H and O–H groups in total. The van der Waals surface area contributed by atoms with Crippen molar-refractivity contribution in [2.45, 2.75) is 6.92 Å². The average Bonchev–Trinajstić information content (AvgIpc) is 2.45. The highest BCUT2D eigenvalue weighted by Gasteiger charge is 2.12. The van der Waals surface area contributed by atoms with E-state index in [0.29, 0.717) is 16.9 Å². The molecule has 0 aromatic heterocycles. The van der Waals surface area contributed by atoms with Crippen LogP contribution < -0.4 is 4.74 Å². The average molecular weight is 272 g/mol. The van der Waals surface area contributed by atoms with Gasteiger partial charge in [0.25, 0.3) is 0 Å². The molecule has 2 aromatic rings. The van der Waals surface area contributed by atoms with Gasteiger partial charge in [-0.15, -0.1) is 0 Å². The summed E-state index contributed by atoms with van der Waals surface area (Å²) in [5, 5.41) is 18.0. The summed E-state index contributed by atoms with van der Waals surface area (Å²) in [5.41, 5.74) is 1.84. The Morgan fingerprint density at radius 3 is 2.45 bits per heavy atom. The topological polar surface area (TPSA) is 66.8 Å². The van der Waals surface area contributed by atoms with Crippen LogP contribution in [0.25, 0.3) is 0 Å². The number of benzene rings is 2. The molecule has 0 amide bonds. The van der Waals surface area contributed by atoms with Crippen LogP contribution in [0.2, 0.25) is 0 Å². The third kappa shape index (κ3) is 3.16. The molecule has 0 aliphatic rings. The van der Waals surface area contributed by atoms with Crippen LogP contribution in [0.15, 0.2) is 42.5 Å². The quantitative estimate of drug-likeness (QED) is 0.820. The molecule has 4 nitrogen and oxygen atoms in total. The van der Waals surface area contributed by atoms with E-state index >= 15 is 0 Å². The summed E-state index contributed by atoms with van der Waals surface area (Å²) in [6, 6.07) is 11.4. The van der Waals surface area contributed by atoms with Gasteiger partial charge in [0.05, 0.1) is 6.61 Å². The van der Waals surface area contributed by atoms with Crippen molar-refractivity contribution in [1.82, 2.24) is 0 Å². The van der Waals surface area contributed by atoms with Gasteiger partial charge in [-0.2, -0.15) is 0 Å². The number of aliphatic hydroxyl groups is 1. The zero-order valence-electron chi connectivity index (χ0n) is 11.2. The lowest BCUT2D eigenvalue weighted by atomic mass is 9.99. The molecule has 0 heterocycles. The van der Waals surface area contributed by atoms with Gasteiger partial charge < -0.3 is 14.9 Å². The van der Waals surface area contributed by atoms with Crippen LogP contribution in [0.1, 0.15) is 21.5 Å². The lowest BCUT2D eigenvalue weighted by Gasteiger charge is -2.07. The Kier molecular flexibility index (Phi) is 4.38. The molecular weight excluding hydrogens is 256 g/mol. The second-order valence-electron chi connectivity index (χ2n) is 4.42. The second-order valence-corrected chi connectivity index (χ2v) is 4.42. The molecule has 2 aromatic carbocycles. The number of aromatic hydroxyl groups is 1. The number of phenols is 1. The minimum atomic E-state index is -0.101. The van der Waals surface area contributed by atoms with Gasteiger partial charge >= 0.3 is 0 Å². The van der Waals surface area contributed by atoms with Gasteiger partial charge in [-0.3, -0.25) is 4.79 Å². The fraction of sp³-hybridized carbons (Fsp3) is 0.188. The third-order valence-electron chi connectivity index (χ3n) is 2.93. The number of carbonyl (C=O) groups excluding carboxylic acids is 1. The fourth-order valence-electron chi connectivity index (χ4n) is 1.92. The first kappa shape index (κ1) is 14.1. The van der Waals surface area contributed by atoms with Crippen molar-refractivity contribution < 1.29 is 19.7 Å². The molecule has 0 aliphatic heterocycles. The molecule has 0 aliphatic carbocycles.